The Kier molecular flexibility index (Phi) is 5.28. The highest BCUT2D eigenvalue weighted by molar-refractivity contribution is 6.65. The van der Waals surface area contributed by atoms with Crippen molar-refractivity contribution >= 4 is 14.5 Å². The van der Waals surface area contributed by atoms with Gasteiger partial charge in [0.25, 0.3) is 0 Å². The van der Waals surface area contributed by atoms with E-state index >= 15 is 0 Å². The third-order valence-corrected chi connectivity index (χ3v) is 3.86. The first-order chi connectivity index (χ1) is 6.28. The van der Waals surface area contributed by atoms with E-state index in [1.165, 1.54) is 0 Å². The van der Waals surface area contributed by atoms with Gasteiger partial charge in [0.15, 0.2) is 0 Å². The van der Waals surface area contributed by atoms with E-state index in [1.54, 1.807) is 0 Å². The fourth-order valence-corrected chi connectivity index (χ4v) is 2.67. The van der Waals surface area contributed by atoms with Crippen LogP contribution in [0, 0.1) is 11.8 Å². The summed E-state index contributed by atoms with van der Waals surface area (Å²) in [7, 11) is -3.39. The quantitative estimate of drug-likeness (QED) is 0.433. The summed E-state index contributed by atoms with van der Waals surface area (Å²) in [5, 5.41) is 0. The Morgan fingerprint density at radius 1 is 1.43 bits per heavy atom. The molecule has 0 aliphatic rings. The summed E-state index contributed by atoms with van der Waals surface area (Å²) in [4.78, 5) is 29.8. The van der Waals surface area contributed by atoms with E-state index in [0.29, 0.717) is 12.3 Å². The van der Waals surface area contributed by atoms with Crippen LogP contribution in [0.3, 0.4) is 0 Å². The predicted octanol–water partition coefficient (Wildman–Crippen LogP) is -0.941. The highest BCUT2D eigenvalue weighted by Crippen LogP contribution is 2.19. The zero-order valence-corrected chi connectivity index (χ0v) is 9.73. The van der Waals surface area contributed by atoms with Crippen LogP contribution in [0.1, 0.15) is 20.3 Å². The Hall–Kier alpha value is -0.433. The van der Waals surface area contributed by atoms with Crippen molar-refractivity contribution < 1.29 is 14.4 Å². The average molecular weight is 220 g/mol. The minimum Gasteiger partial charge on any atom is -0.410 e. The molecule has 14 heavy (non-hydrogen) atoms. The monoisotopic (exact) mass is 220 g/mol. The van der Waals surface area contributed by atoms with Crippen molar-refractivity contribution in [3.05, 3.63) is 0 Å². The number of carbonyl (C=O) groups is 1. The van der Waals surface area contributed by atoms with E-state index in [2.05, 4.69) is 0 Å². The summed E-state index contributed by atoms with van der Waals surface area (Å²) in [5.41, 5.74) is 10.4. The molecule has 0 bridgehead atoms. The second-order valence-electron chi connectivity index (χ2n) is 4.12. The fraction of sp³-hybridized carbons (Fsp3) is 0.875. The second kappa shape index (κ2) is 5.45. The van der Waals surface area contributed by atoms with Crippen LogP contribution in [-0.4, -0.2) is 30.2 Å². The zero-order valence-electron chi connectivity index (χ0n) is 8.73. The van der Waals surface area contributed by atoms with Crippen molar-refractivity contribution in [3.8, 4) is 0 Å². The molecule has 1 atom stereocenters. The van der Waals surface area contributed by atoms with Crippen LogP contribution >= 0.6 is 0 Å². The number of amides is 1. The van der Waals surface area contributed by atoms with E-state index in [1.807, 2.05) is 13.8 Å². The van der Waals surface area contributed by atoms with Gasteiger partial charge in [-0.2, -0.15) is 0 Å². The van der Waals surface area contributed by atoms with E-state index in [-0.39, 0.29) is 12.2 Å². The third kappa shape index (κ3) is 5.33. The first-order valence-electron chi connectivity index (χ1n) is 4.72. The van der Waals surface area contributed by atoms with Crippen LogP contribution in [0.4, 0.5) is 0 Å². The molecule has 0 aliphatic carbocycles. The molecule has 0 radical (unpaired) electrons. The molecule has 0 aliphatic heterocycles. The predicted molar refractivity (Wildman–Crippen MR) is 56.2 cm³/mol. The van der Waals surface area contributed by atoms with Gasteiger partial charge in [-0.05, 0) is 12.3 Å². The Morgan fingerprint density at radius 2 is 1.93 bits per heavy atom. The smallest absolute Gasteiger partial charge is 0.347 e. The van der Waals surface area contributed by atoms with Gasteiger partial charge in [-0.3, -0.25) is 4.79 Å². The lowest BCUT2D eigenvalue weighted by Crippen LogP contribution is -2.47. The number of nitrogens with two attached hydrogens (primary N) is 2. The number of hydrogen-bond acceptors (Lipinski definition) is 4. The standard InChI is InChI=1S/C8H20N2O3Si/c1-6(2)3-7(8(10)11)4-14(12,13)5-9/h6-7,12-13H,3-5,9H2,1-2H3,(H2,10,11)/t7-/m1/s1. The Bertz CT molecular complexity index is 197. The molecule has 0 spiro atoms. The summed E-state index contributed by atoms with van der Waals surface area (Å²) < 4.78 is 0. The highest BCUT2D eigenvalue weighted by Gasteiger charge is 2.33. The average Bonchev–Trinajstić information content (AvgIpc) is 2.02. The summed E-state index contributed by atoms with van der Waals surface area (Å²) in [6.07, 6.45) is 0.417. The number of hydrogen-bond donors (Lipinski definition) is 4. The molecule has 6 N–H and O–H groups in total. The topological polar surface area (TPSA) is 110 Å². The van der Waals surface area contributed by atoms with Gasteiger partial charge in [0.1, 0.15) is 0 Å². The first-order valence-corrected chi connectivity index (χ1v) is 7.03. The molecule has 84 valence electrons. The van der Waals surface area contributed by atoms with Crippen molar-refractivity contribution in [2.45, 2.75) is 26.3 Å². The molecule has 0 fully saturated rings. The Labute approximate surface area is 85.4 Å². The molecule has 6 heteroatoms. The summed E-state index contributed by atoms with van der Waals surface area (Å²) in [5.74, 6) is -0.651. The molecule has 0 aromatic carbocycles. The molecule has 0 rings (SSSR count). The Balaban J connectivity index is 4.30. The van der Waals surface area contributed by atoms with Crippen LogP contribution in [0.2, 0.25) is 6.04 Å². The fourth-order valence-electron chi connectivity index (χ4n) is 1.35. The molecular formula is C8H20N2O3Si. The van der Waals surface area contributed by atoms with Crippen molar-refractivity contribution in [3.63, 3.8) is 0 Å². The SMILES string of the molecule is CC(C)C[C@H](C[Si](O)(O)CN)C(N)=O. The summed E-state index contributed by atoms with van der Waals surface area (Å²) in [6, 6.07) is 0.0387. The van der Waals surface area contributed by atoms with Gasteiger partial charge in [-0.1, -0.05) is 13.8 Å². The lowest BCUT2D eigenvalue weighted by Gasteiger charge is -2.22. The van der Waals surface area contributed by atoms with Crippen LogP contribution in [0.5, 0.6) is 0 Å². The molecule has 0 saturated carbocycles. The molecule has 5 nitrogen and oxygen atoms in total. The molecule has 0 heterocycles. The van der Waals surface area contributed by atoms with Gasteiger partial charge in [0.2, 0.25) is 5.91 Å². The number of carbonyl (C=O) groups excluding carboxylic acids is 1. The van der Waals surface area contributed by atoms with Crippen LogP contribution < -0.4 is 11.5 Å². The molecule has 0 aromatic heterocycles. The Morgan fingerprint density at radius 3 is 2.21 bits per heavy atom. The van der Waals surface area contributed by atoms with Gasteiger partial charge in [-0.25, -0.2) is 0 Å². The van der Waals surface area contributed by atoms with E-state index in [0.717, 1.165) is 0 Å². The largest absolute Gasteiger partial charge is 0.410 e. The van der Waals surface area contributed by atoms with Crippen LogP contribution in [-0.2, 0) is 4.79 Å². The van der Waals surface area contributed by atoms with Crippen molar-refractivity contribution in [2.24, 2.45) is 23.3 Å². The normalized spacial score (nSPS) is 14.4. The highest BCUT2D eigenvalue weighted by atomic mass is 28.4. The molecule has 0 unspecified atom stereocenters. The molecule has 1 amide bonds. The van der Waals surface area contributed by atoms with Crippen molar-refractivity contribution in [2.75, 3.05) is 6.17 Å². The van der Waals surface area contributed by atoms with E-state index < -0.39 is 20.4 Å². The second-order valence-corrected chi connectivity index (χ2v) is 6.90. The maximum atomic E-state index is 11.0. The summed E-state index contributed by atoms with van der Waals surface area (Å²) >= 11 is 0. The van der Waals surface area contributed by atoms with Gasteiger partial charge < -0.3 is 21.1 Å². The lowest BCUT2D eigenvalue weighted by atomic mass is 9.98. The van der Waals surface area contributed by atoms with Crippen LogP contribution in [0.15, 0.2) is 0 Å². The molecule has 0 aromatic rings. The lowest BCUT2D eigenvalue weighted by molar-refractivity contribution is -0.121. The van der Waals surface area contributed by atoms with Gasteiger partial charge in [0, 0.05) is 18.1 Å². The summed E-state index contributed by atoms with van der Waals surface area (Å²) in [6.45, 7) is 3.91. The number of rotatable bonds is 6. The maximum absolute atomic E-state index is 11.0. The maximum Gasteiger partial charge on any atom is 0.347 e. The van der Waals surface area contributed by atoms with Crippen molar-refractivity contribution in [1.29, 1.82) is 0 Å². The number of primary amides is 1. The van der Waals surface area contributed by atoms with Gasteiger partial charge >= 0.3 is 8.56 Å². The third-order valence-electron chi connectivity index (χ3n) is 2.06. The molecule has 0 saturated heterocycles. The first kappa shape index (κ1) is 13.6. The van der Waals surface area contributed by atoms with E-state index in [9.17, 15) is 14.4 Å². The molecular weight excluding hydrogens is 200 g/mol. The minimum absolute atomic E-state index is 0.0387. The van der Waals surface area contributed by atoms with Crippen LogP contribution in [0.25, 0.3) is 0 Å². The van der Waals surface area contributed by atoms with Gasteiger partial charge in [-0.15, -0.1) is 0 Å². The van der Waals surface area contributed by atoms with E-state index in [4.69, 9.17) is 11.5 Å². The minimum atomic E-state index is -3.39. The van der Waals surface area contributed by atoms with Crippen molar-refractivity contribution in [1.82, 2.24) is 0 Å². The zero-order chi connectivity index (χ0) is 11.4. The van der Waals surface area contributed by atoms with Gasteiger partial charge in [0.05, 0.1) is 0 Å².